The number of benzene rings is 4. The van der Waals surface area contributed by atoms with E-state index in [1.54, 1.807) is 0 Å². The van der Waals surface area contributed by atoms with E-state index >= 15 is 0 Å². The molecule has 0 aliphatic carbocycles. The van der Waals surface area contributed by atoms with Gasteiger partial charge >= 0.3 is 0 Å². The van der Waals surface area contributed by atoms with E-state index in [9.17, 15) is 0 Å². The second-order valence-corrected chi connectivity index (χ2v) is 5.25. The molecule has 0 radical (unpaired) electrons. The average Bonchev–Trinajstić information content (AvgIpc) is 2.51. The van der Waals surface area contributed by atoms with E-state index in [4.69, 9.17) is 0 Å². The molecule has 0 amide bonds. The van der Waals surface area contributed by atoms with Gasteiger partial charge in [-0.1, -0.05) is 48.5 Å². The lowest BCUT2D eigenvalue weighted by molar-refractivity contribution is 1.02. The van der Waals surface area contributed by atoms with E-state index in [1.807, 2.05) is 14.1 Å². The van der Waals surface area contributed by atoms with Gasteiger partial charge in [-0.15, -0.1) is 0 Å². The Morgan fingerprint density at radius 3 is 0.952 bits per heavy atom. The van der Waals surface area contributed by atoms with Crippen molar-refractivity contribution in [2.24, 2.45) is 0 Å². The molecule has 0 aliphatic heterocycles. The highest BCUT2D eigenvalue weighted by Crippen LogP contribution is 2.27. The van der Waals surface area contributed by atoms with Gasteiger partial charge in [-0.2, -0.15) is 0 Å². The van der Waals surface area contributed by atoms with Crippen LogP contribution in [0.1, 0.15) is 0 Å². The monoisotopic (exact) mass is 273 g/mol. The molecule has 0 atom stereocenters. The lowest BCUT2D eigenvalue weighted by Crippen LogP contribution is -1.89. The molecule has 1 nitrogen and oxygen atoms in total. The minimum Gasteiger partial charge on any atom is -0.323 e. The molecule has 4 aromatic rings. The van der Waals surface area contributed by atoms with Crippen molar-refractivity contribution in [3.05, 3.63) is 72.8 Å². The lowest BCUT2D eigenvalue weighted by atomic mass is 10.00. The quantitative estimate of drug-likeness (QED) is 0.445. The van der Waals surface area contributed by atoms with Crippen LogP contribution in [0, 0.1) is 0 Å². The van der Waals surface area contributed by atoms with Gasteiger partial charge < -0.3 is 5.32 Å². The van der Waals surface area contributed by atoms with Crippen molar-refractivity contribution in [3.8, 4) is 0 Å². The highest BCUT2D eigenvalue weighted by molar-refractivity contribution is 6.04. The summed E-state index contributed by atoms with van der Waals surface area (Å²) in [6.07, 6.45) is 0. The van der Waals surface area contributed by atoms with Gasteiger partial charge in [0.25, 0.3) is 0 Å². The first-order valence-corrected chi connectivity index (χ1v) is 7.21. The predicted molar refractivity (Wildman–Crippen MR) is 93.9 cm³/mol. The van der Waals surface area contributed by atoms with Crippen molar-refractivity contribution in [2.75, 3.05) is 14.1 Å². The van der Waals surface area contributed by atoms with E-state index in [1.165, 1.54) is 32.3 Å². The Morgan fingerprint density at radius 1 is 0.476 bits per heavy atom. The van der Waals surface area contributed by atoms with E-state index < -0.39 is 0 Å². The molecule has 0 fully saturated rings. The van der Waals surface area contributed by atoms with Crippen molar-refractivity contribution < 1.29 is 0 Å². The third kappa shape index (κ3) is 2.74. The number of hydrogen-bond acceptors (Lipinski definition) is 1. The number of hydrogen-bond donors (Lipinski definition) is 1. The van der Waals surface area contributed by atoms with Gasteiger partial charge in [-0.3, -0.25) is 0 Å². The zero-order valence-electron chi connectivity index (χ0n) is 12.4. The molecule has 0 aromatic heterocycles. The van der Waals surface area contributed by atoms with Gasteiger partial charge in [-0.05, 0) is 70.7 Å². The highest BCUT2D eigenvalue weighted by Gasteiger charge is 2.00. The smallest absolute Gasteiger partial charge is 0.0167 e. The van der Waals surface area contributed by atoms with Crippen molar-refractivity contribution >= 4 is 32.3 Å². The van der Waals surface area contributed by atoms with Crippen LogP contribution in [-0.4, -0.2) is 14.1 Å². The van der Waals surface area contributed by atoms with Crippen LogP contribution in [0.4, 0.5) is 0 Å². The molecule has 0 spiro atoms. The molecule has 4 aromatic carbocycles. The fourth-order valence-corrected chi connectivity index (χ4v) is 2.63. The maximum Gasteiger partial charge on any atom is -0.0167 e. The summed E-state index contributed by atoms with van der Waals surface area (Å²) in [5, 5.41) is 10.6. The van der Waals surface area contributed by atoms with Crippen LogP contribution >= 0.6 is 0 Å². The summed E-state index contributed by atoms with van der Waals surface area (Å²) in [4.78, 5) is 0. The SMILES string of the molecule is CNC.c1ccc2cc3cc4ccccc4cc3cc2c1. The van der Waals surface area contributed by atoms with Crippen LogP contribution < -0.4 is 5.32 Å². The Kier molecular flexibility index (Phi) is 3.85. The lowest BCUT2D eigenvalue weighted by Gasteiger charge is -2.04. The second-order valence-electron chi connectivity index (χ2n) is 5.25. The molecule has 104 valence electrons. The summed E-state index contributed by atoms with van der Waals surface area (Å²) < 4.78 is 0. The molecule has 1 heteroatoms. The van der Waals surface area contributed by atoms with Crippen LogP contribution in [0.2, 0.25) is 0 Å². The van der Waals surface area contributed by atoms with Crippen molar-refractivity contribution in [2.45, 2.75) is 0 Å². The molecular formula is C20H19N. The van der Waals surface area contributed by atoms with Gasteiger partial charge in [0.2, 0.25) is 0 Å². The van der Waals surface area contributed by atoms with E-state index in [0.717, 1.165) is 0 Å². The van der Waals surface area contributed by atoms with Gasteiger partial charge in [0.1, 0.15) is 0 Å². The normalized spacial score (nSPS) is 10.6. The molecule has 0 aliphatic rings. The van der Waals surface area contributed by atoms with E-state index in [-0.39, 0.29) is 0 Å². The molecular weight excluding hydrogens is 254 g/mol. The summed E-state index contributed by atoms with van der Waals surface area (Å²) in [6, 6.07) is 26.2. The minimum absolute atomic E-state index is 1.31. The number of fused-ring (bicyclic) bond motifs is 3. The number of nitrogens with one attached hydrogen (secondary N) is 1. The van der Waals surface area contributed by atoms with Crippen molar-refractivity contribution in [1.82, 2.24) is 5.32 Å². The molecule has 4 rings (SSSR count). The molecule has 0 unspecified atom stereocenters. The molecule has 0 heterocycles. The third-order valence-electron chi connectivity index (χ3n) is 3.57. The Labute approximate surface area is 125 Å². The first kappa shape index (κ1) is 13.6. The van der Waals surface area contributed by atoms with Crippen LogP contribution in [-0.2, 0) is 0 Å². The highest BCUT2D eigenvalue weighted by atomic mass is 14.7. The second kappa shape index (κ2) is 5.94. The molecule has 0 bridgehead atoms. The third-order valence-corrected chi connectivity index (χ3v) is 3.57. The zero-order chi connectivity index (χ0) is 14.7. The first-order chi connectivity index (χ1) is 10.3. The predicted octanol–water partition coefficient (Wildman–Crippen LogP) is 4.98. The summed E-state index contributed by atoms with van der Waals surface area (Å²) in [5.74, 6) is 0. The Bertz CT molecular complexity index is 749. The van der Waals surface area contributed by atoms with Gasteiger partial charge in [0, 0.05) is 0 Å². The molecule has 0 saturated carbocycles. The van der Waals surface area contributed by atoms with Crippen LogP contribution in [0.5, 0.6) is 0 Å². The van der Waals surface area contributed by atoms with E-state index in [0.29, 0.717) is 0 Å². The van der Waals surface area contributed by atoms with Gasteiger partial charge in [0.15, 0.2) is 0 Å². The van der Waals surface area contributed by atoms with Crippen LogP contribution in [0.3, 0.4) is 0 Å². The summed E-state index contributed by atoms with van der Waals surface area (Å²) in [6.45, 7) is 0. The van der Waals surface area contributed by atoms with Crippen LogP contribution in [0.25, 0.3) is 32.3 Å². The topological polar surface area (TPSA) is 12.0 Å². The van der Waals surface area contributed by atoms with E-state index in [2.05, 4.69) is 78.1 Å². The van der Waals surface area contributed by atoms with Crippen molar-refractivity contribution in [3.63, 3.8) is 0 Å². The molecule has 1 N–H and O–H groups in total. The Hall–Kier alpha value is -2.38. The maximum absolute atomic E-state index is 2.75. The average molecular weight is 273 g/mol. The van der Waals surface area contributed by atoms with Crippen molar-refractivity contribution in [1.29, 1.82) is 0 Å². The fraction of sp³-hybridized carbons (Fsp3) is 0.100. The zero-order valence-corrected chi connectivity index (χ0v) is 12.4. The molecule has 21 heavy (non-hydrogen) atoms. The summed E-state index contributed by atoms with van der Waals surface area (Å²) >= 11 is 0. The first-order valence-electron chi connectivity index (χ1n) is 7.21. The summed E-state index contributed by atoms with van der Waals surface area (Å²) in [5.41, 5.74) is 0. The Balaban J connectivity index is 0.000000409. The largest absolute Gasteiger partial charge is 0.323 e. The van der Waals surface area contributed by atoms with Gasteiger partial charge in [0.05, 0.1) is 0 Å². The number of rotatable bonds is 0. The Morgan fingerprint density at radius 2 is 0.714 bits per heavy atom. The van der Waals surface area contributed by atoms with Crippen LogP contribution in [0.15, 0.2) is 72.8 Å². The standard InChI is InChI=1S/C18H12.C2H7N/c1-2-6-14-10-18-12-16-8-4-3-7-15(16)11-17(18)9-13(14)5-1;1-3-2/h1-12H;3H,1-2H3. The fourth-order valence-electron chi connectivity index (χ4n) is 2.63. The minimum atomic E-state index is 1.31. The maximum atomic E-state index is 2.75. The summed E-state index contributed by atoms with van der Waals surface area (Å²) in [7, 11) is 3.75. The van der Waals surface area contributed by atoms with Gasteiger partial charge in [-0.25, -0.2) is 0 Å². The molecule has 0 saturated heterocycles.